The van der Waals surface area contributed by atoms with Crippen LogP contribution in [0.3, 0.4) is 0 Å². The number of carbonyl (C=O) groups is 1. The van der Waals surface area contributed by atoms with Crippen LogP contribution in [0.25, 0.3) is 0 Å². The molecule has 1 N–H and O–H groups in total. The maximum atomic E-state index is 11.7. The number of carbonyl (C=O) groups excluding carboxylic acids is 1. The fraction of sp³-hybridized carbons (Fsp3) is 0.588. The molecule has 20 heavy (non-hydrogen) atoms. The minimum Gasteiger partial charge on any atom is -0.356 e. The normalized spacial score (nSPS) is 10.8. The SMILES string of the molecule is CCN(CC)CCCNC(=O)CCc1ccc(C)cc1. The Hall–Kier alpha value is -1.35. The molecule has 3 heteroatoms. The van der Waals surface area contributed by atoms with E-state index >= 15 is 0 Å². The van der Waals surface area contributed by atoms with Gasteiger partial charge in [-0.1, -0.05) is 43.7 Å². The van der Waals surface area contributed by atoms with Crippen LogP contribution >= 0.6 is 0 Å². The zero-order valence-electron chi connectivity index (χ0n) is 13.1. The highest BCUT2D eigenvalue weighted by Crippen LogP contribution is 2.05. The average Bonchev–Trinajstić information content (AvgIpc) is 2.47. The summed E-state index contributed by atoms with van der Waals surface area (Å²) >= 11 is 0. The number of aryl methyl sites for hydroxylation is 2. The van der Waals surface area contributed by atoms with Crippen molar-refractivity contribution in [1.82, 2.24) is 10.2 Å². The van der Waals surface area contributed by atoms with Gasteiger partial charge in [-0.15, -0.1) is 0 Å². The lowest BCUT2D eigenvalue weighted by Gasteiger charge is -2.17. The topological polar surface area (TPSA) is 32.3 Å². The first kappa shape index (κ1) is 16.7. The summed E-state index contributed by atoms with van der Waals surface area (Å²) in [6, 6.07) is 8.39. The summed E-state index contributed by atoms with van der Waals surface area (Å²) in [7, 11) is 0. The second-order valence-electron chi connectivity index (χ2n) is 5.22. The molecule has 0 radical (unpaired) electrons. The molecular formula is C17H28N2O. The molecule has 0 fully saturated rings. The zero-order chi connectivity index (χ0) is 14.8. The summed E-state index contributed by atoms with van der Waals surface area (Å²) in [4.78, 5) is 14.1. The van der Waals surface area contributed by atoms with E-state index in [1.807, 2.05) is 0 Å². The number of amides is 1. The first-order valence-electron chi connectivity index (χ1n) is 7.70. The summed E-state index contributed by atoms with van der Waals surface area (Å²) in [6.45, 7) is 10.4. The number of rotatable bonds is 9. The third kappa shape index (κ3) is 6.71. The molecular weight excluding hydrogens is 248 g/mol. The van der Waals surface area contributed by atoms with Gasteiger partial charge in [-0.05, 0) is 45.0 Å². The van der Waals surface area contributed by atoms with Gasteiger partial charge in [0, 0.05) is 13.0 Å². The molecule has 112 valence electrons. The Kier molecular flexibility index (Phi) is 7.97. The van der Waals surface area contributed by atoms with Crippen LogP contribution in [-0.4, -0.2) is 37.0 Å². The van der Waals surface area contributed by atoms with Gasteiger partial charge in [0.2, 0.25) is 5.91 Å². The summed E-state index contributed by atoms with van der Waals surface area (Å²) in [5.41, 5.74) is 2.49. The molecule has 1 aromatic carbocycles. The van der Waals surface area contributed by atoms with Gasteiger partial charge in [0.1, 0.15) is 0 Å². The maximum absolute atomic E-state index is 11.7. The zero-order valence-corrected chi connectivity index (χ0v) is 13.1. The highest BCUT2D eigenvalue weighted by atomic mass is 16.1. The van der Waals surface area contributed by atoms with Crippen molar-refractivity contribution < 1.29 is 4.79 Å². The molecule has 1 aromatic rings. The molecule has 0 aliphatic heterocycles. The van der Waals surface area contributed by atoms with E-state index in [0.29, 0.717) is 6.42 Å². The van der Waals surface area contributed by atoms with Crippen LogP contribution in [0.4, 0.5) is 0 Å². The van der Waals surface area contributed by atoms with Crippen LogP contribution in [0.15, 0.2) is 24.3 Å². The minimum atomic E-state index is 0.158. The molecule has 1 rings (SSSR count). The summed E-state index contributed by atoms with van der Waals surface area (Å²) < 4.78 is 0. The molecule has 3 nitrogen and oxygen atoms in total. The average molecular weight is 276 g/mol. The Bertz CT molecular complexity index is 382. The molecule has 0 saturated heterocycles. The van der Waals surface area contributed by atoms with Crippen molar-refractivity contribution in [2.45, 2.75) is 40.0 Å². The van der Waals surface area contributed by atoms with Crippen LogP contribution < -0.4 is 5.32 Å². The number of hydrogen-bond donors (Lipinski definition) is 1. The molecule has 0 saturated carbocycles. The Labute approximate surface area is 123 Å². The van der Waals surface area contributed by atoms with Gasteiger partial charge in [0.15, 0.2) is 0 Å². The fourth-order valence-corrected chi connectivity index (χ4v) is 2.17. The standard InChI is InChI=1S/C17H28N2O/c1-4-19(5-2)14-6-13-18-17(20)12-11-16-9-7-15(3)8-10-16/h7-10H,4-6,11-14H2,1-3H3,(H,18,20). The first-order valence-corrected chi connectivity index (χ1v) is 7.70. The van der Waals surface area contributed by atoms with Gasteiger partial charge < -0.3 is 10.2 Å². The summed E-state index contributed by atoms with van der Waals surface area (Å²) in [6.07, 6.45) is 2.43. The Morgan fingerprint density at radius 2 is 1.80 bits per heavy atom. The van der Waals surface area contributed by atoms with E-state index in [-0.39, 0.29) is 5.91 Å². The lowest BCUT2D eigenvalue weighted by Crippen LogP contribution is -2.30. The highest BCUT2D eigenvalue weighted by Gasteiger charge is 2.03. The largest absolute Gasteiger partial charge is 0.356 e. The van der Waals surface area contributed by atoms with E-state index in [1.54, 1.807) is 0 Å². The van der Waals surface area contributed by atoms with Gasteiger partial charge in [-0.3, -0.25) is 4.79 Å². The number of hydrogen-bond acceptors (Lipinski definition) is 2. The molecule has 1 amide bonds. The van der Waals surface area contributed by atoms with Gasteiger partial charge in [0.25, 0.3) is 0 Å². The predicted octanol–water partition coefficient (Wildman–Crippen LogP) is 2.78. The maximum Gasteiger partial charge on any atom is 0.220 e. The van der Waals surface area contributed by atoms with Crippen LogP contribution in [-0.2, 0) is 11.2 Å². The van der Waals surface area contributed by atoms with Crippen molar-refractivity contribution in [3.05, 3.63) is 35.4 Å². The van der Waals surface area contributed by atoms with Crippen LogP contribution in [0.2, 0.25) is 0 Å². The van der Waals surface area contributed by atoms with Crippen LogP contribution in [0, 0.1) is 6.92 Å². The fourth-order valence-electron chi connectivity index (χ4n) is 2.17. The first-order chi connectivity index (χ1) is 9.65. The summed E-state index contributed by atoms with van der Waals surface area (Å²) in [5, 5.41) is 3.00. The lowest BCUT2D eigenvalue weighted by molar-refractivity contribution is -0.121. The molecule has 0 atom stereocenters. The minimum absolute atomic E-state index is 0.158. The van der Waals surface area contributed by atoms with Gasteiger partial charge in [-0.25, -0.2) is 0 Å². The van der Waals surface area contributed by atoms with E-state index in [9.17, 15) is 4.79 Å². The molecule has 0 aromatic heterocycles. The van der Waals surface area contributed by atoms with Gasteiger partial charge in [0.05, 0.1) is 0 Å². The van der Waals surface area contributed by atoms with Crippen molar-refractivity contribution in [2.24, 2.45) is 0 Å². The quantitative estimate of drug-likeness (QED) is 0.703. The lowest BCUT2D eigenvalue weighted by atomic mass is 10.1. The molecule has 0 heterocycles. The Balaban J connectivity index is 2.13. The third-order valence-corrected chi connectivity index (χ3v) is 3.63. The molecule has 0 spiro atoms. The summed E-state index contributed by atoms with van der Waals surface area (Å²) in [5.74, 6) is 0.158. The van der Waals surface area contributed by atoms with E-state index in [4.69, 9.17) is 0 Å². The van der Waals surface area contributed by atoms with E-state index in [2.05, 4.69) is 55.3 Å². The van der Waals surface area contributed by atoms with Crippen molar-refractivity contribution in [2.75, 3.05) is 26.2 Å². The van der Waals surface area contributed by atoms with Crippen molar-refractivity contribution in [3.8, 4) is 0 Å². The molecule has 0 bridgehead atoms. The highest BCUT2D eigenvalue weighted by molar-refractivity contribution is 5.76. The second-order valence-corrected chi connectivity index (χ2v) is 5.22. The molecule has 0 aliphatic rings. The second kappa shape index (κ2) is 9.54. The molecule has 0 unspecified atom stereocenters. The number of nitrogens with one attached hydrogen (secondary N) is 1. The number of benzene rings is 1. The van der Waals surface area contributed by atoms with Crippen molar-refractivity contribution >= 4 is 5.91 Å². The van der Waals surface area contributed by atoms with Crippen molar-refractivity contribution in [3.63, 3.8) is 0 Å². The number of nitrogens with zero attached hydrogens (tertiary/aromatic N) is 1. The van der Waals surface area contributed by atoms with Gasteiger partial charge in [-0.2, -0.15) is 0 Å². The van der Waals surface area contributed by atoms with Crippen LogP contribution in [0.1, 0.15) is 37.8 Å². The van der Waals surface area contributed by atoms with Crippen LogP contribution in [0.5, 0.6) is 0 Å². The smallest absolute Gasteiger partial charge is 0.220 e. The monoisotopic (exact) mass is 276 g/mol. The van der Waals surface area contributed by atoms with E-state index < -0.39 is 0 Å². The van der Waals surface area contributed by atoms with Gasteiger partial charge >= 0.3 is 0 Å². The van der Waals surface area contributed by atoms with Crippen molar-refractivity contribution in [1.29, 1.82) is 0 Å². The van der Waals surface area contributed by atoms with E-state index in [0.717, 1.165) is 39.0 Å². The predicted molar refractivity (Wildman–Crippen MR) is 84.9 cm³/mol. The molecule has 0 aliphatic carbocycles. The third-order valence-electron chi connectivity index (χ3n) is 3.63. The van der Waals surface area contributed by atoms with E-state index in [1.165, 1.54) is 11.1 Å². The Morgan fingerprint density at radius 3 is 2.40 bits per heavy atom. The Morgan fingerprint density at radius 1 is 1.15 bits per heavy atom.